The van der Waals surface area contributed by atoms with E-state index in [9.17, 15) is 0 Å². The first-order valence-electron chi connectivity index (χ1n) is 19.5. The van der Waals surface area contributed by atoms with Gasteiger partial charge in [0.2, 0.25) is 0 Å². The van der Waals surface area contributed by atoms with Crippen molar-refractivity contribution in [3.05, 3.63) is 144 Å². The Morgan fingerprint density at radius 2 is 0.516 bits per heavy atom. The second kappa shape index (κ2) is 17.0. The number of benzene rings is 4. The Morgan fingerprint density at radius 3 is 0.694 bits per heavy atom. The predicted octanol–water partition coefficient (Wildman–Crippen LogP) is 14.3. The van der Waals surface area contributed by atoms with E-state index < -0.39 is 0 Å². The van der Waals surface area contributed by atoms with E-state index >= 15 is 0 Å². The summed E-state index contributed by atoms with van der Waals surface area (Å²) in [4.78, 5) is 11.2. The molecule has 12 heteroatoms. The fraction of sp³-hybridized carbons (Fsp3) is 0.120. The fourth-order valence-electron chi connectivity index (χ4n) is 8.18. The zero-order chi connectivity index (χ0) is 43.4. The van der Waals surface area contributed by atoms with Crippen LogP contribution in [0.5, 0.6) is 23.0 Å². The normalized spacial score (nSPS) is 12.5. The van der Waals surface area contributed by atoms with Crippen LogP contribution < -0.4 is 18.9 Å². The van der Waals surface area contributed by atoms with Gasteiger partial charge in [0.05, 0.1) is 91.2 Å². The van der Waals surface area contributed by atoms with Gasteiger partial charge in [-0.1, -0.05) is 48.5 Å². The lowest BCUT2D eigenvalue weighted by molar-refractivity contribution is 0.415. The van der Waals surface area contributed by atoms with Crippen LogP contribution in [0.1, 0.15) is 22.8 Å². The van der Waals surface area contributed by atoms with Crippen molar-refractivity contribution in [2.24, 2.45) is 14.1 Å². The summed E-state index contributed by atoms with van der Waals surface area (Å²) < 4.78 is 30.2. The summed E-state index contributed by atoms with van der Waals surface area (Å²) in [6, 6.07) is 41.1. The molecule has 0 unspecified atom stereocenters. The summed E-state index contributed by atoms with van der Waals surface area (Å²) >= 11 is 16.2. The van der Waals surface area contributed by atoms with Crippen molar-refractivity contribution in [3.8, 4) is 67.5 Å². The summed E-state index contributed by atoms with van der Waals surface area (Å²) in [7, 11) is 10.9. The van der Waals surface area contributed by atoms with Crippen molar-refractivity contribution >= 4 is 104 Å². The molecule has 8 nitrogen and oxygen atoms in total. The number of hydrogen-bond acceptors (Lipinski definition) is 6. The van der Waals surface area contributed by atoms with Gasteiger partial charge in [-0.15, -0.1) is 0 Å². The molecule has 0 fully saturated rings. The first kappa shape index (κ1) is 41.9. The van der Waals surface area contributed by atoms with Crippen LogP contribution >= 0.6 is 63.7 Å². The third kappa shape index (κ3) is 7.10. The number of fused-ring (bicyclic) bond motifs is 8. The highest BCUT2D eigenvalue weighted by Gasteiger charge is 2.29. The first-order chi connectivity index (χ1) is 30.1. The lowest BCUT2D eigenvalue weighted by atomic mass is 10.0. The number of hydrogen-bond donors (Lipinski definition) is 0. The quantitative estimate of drug-likeness (QED) is 0.151. The largest absolute Gasteiger partial charge is 0.497 e. The molecule has 62 heavy (non-hydrogen) atoms. The van der Waals surface area contributed by atoms with Crippen LogP contribution in [-0.4, -0.2) is 47.5 Å². The van der Waals surface area contributed by atoms with E-state index in [1.165, 1.54) is 0 Å². The SMILES string of the molecule is COc1ccc(-c2c3nc(c(-c4ccc(OC)cc4)c4ccc(c(-c5ccc(OC)cc5)c5nc(c(-c6ccc(OC)cc6)c6ccc2n6C)C(Br)=C5Br)n4C)C(Br)=C3Br)cc1. The Labute approximate surface area is 393 Å². The molecule has 3 aromatic heterocycles. The maximum absolute atomic E-state index is 5.61. The number of aromatic nitrogens is 4. The molecule has 5 heterocycles. The highest BCUT2D eigenvalue weighted by molar-refractivity contribution is 9.18. The number of methoxy groups -OCH3 is 4. The summed E-state index contributed by atoms with van der Waals surface area (Å²) in [5.41, 5.74) is 14.4. The van der Waals surface area contributed by atoms with Gasteiger partial charge in [-0.25, -0.2) is 9.97 Å². The van der Waals surface area contributed by atoms with E-state index in [-0.39, 0.29) is 0 Å². The molecule has 0 saturated heterocycles. The minimum absolute atomic E-state index is 0.760. The zero-order valence-corrected chi connectivity index (χ0v) is 40.8. The number of rotatable bonds is 8. The topological polar surface area (TPSA) is 72.6 Å². The summed E-state index contributed by atoms with van der Waals surface area (Å²) in [6.07, 6.45) is 0. The molecule has 0 saturated carbocycles. The molecule has 0 N–H and O–H groups in total. The molecule has 0 spiro atoms. The van der Waals surface area contributed by atoms with Gasteiger partial charge in [0.15, 0.2) is 0 Å². The zero-order valence-electron chi connectivity index (χ0n) is 34.5. The standard InChI is InChI=1S/C50H38Br4N4O4/c1-57-35-23-24-36(57)40(28-9-17-32(60-4)18-10-28)48-44(52)46(54)50(56-48)42(30-13-21-34(62-6)22-14-30)38-26-25-37(58(38)2)41(29-11-19-33(61-5)20-12-29)49-45(53)43(51)47(55-49)39(35)27-7-15-31(59-3)16-8-27/h7-26H,1-6H3. The monoisotopic (exact) mass is 1070 g/mol. The summed E-state index contributed by atoms with van der Waals surface area (Å²) in [5.74, 6) is 3.04. The van der Waals surface area contributed by atoms with Crippen LogP contribution in [0.15, 0.2) is 121 Å². The molecular formula is C50H38Br4N4O4. The Hall–Kier alpha value is -5.40. The van der Waals surface area contributed by atoms with Crippen molar-refractivity contribution in [1.82, 2.24) is 19.1 Å². The van der Waals surface area contributed by atoms with E-state index in [0.29, 0.717) is 0 Å². The van der Waals surface area contributed by atoms with E-state index in [1.807, 2.05) is 48.5 Å². The number of aryl methyl sites for hydroxylation is 2. The van der Waals surface area contributed by atoms with Crippen molar-refractivity contribution < 1.29 is 18.9 Å². The van der Waals surface area contributed by atoms with Gasteiger partial charge in [-0.05, 0) is 159 Å². The Balaban J connectivity index is 1.55. The number of ether oxygens (including phenoxy) is 4. The molecule has 8 bridgehead atoms. The second-order valence-corrected chi connectivity index (χ2v) is 17.8. The first-order valence-corrected chi connectivity index (χ1v) is 22.7. The van der Waals surface area contributed by atoms with Crippen LogP contribution in [0.4, 0.5) is 0 Å². The van der Waals surface area contributed by atoms with Gasteiger partial charge in [0.25, 0.3) is 0 Å². The smallest absolute Gasteiger partial charge is 0.118 e. The van der Waals surface area contributed by atoms with Gasteiger partial charge < -0.3 is 28.1 Å². The fourth-order valence-corrected chi connectivity index (χ4v) is 10.1. The Bertz CT molecular complexity index is 2740. The van der Waals surface area contributed by atoms with Crippen molar-refractivity contribution in [2.45, 2.75) is 0 Å². The Kier molecular flexibility index (Phi) is 11.5. The summed E-state index contributed by atoms with van der Waals surface area (Å²) in [5, 5.41) is 0. The van der Waals surface area contributed by atoms with Crippen LogP contribution in [0, 0.1) is 0 Å². The number of halogens is 4. The molecular weight excluding hydrogens is 1040 g/mol. The van der Waals surface area contributed by atoms with Crippen molar-refractivity contribution in [2.75, 3.05) is 28.4 Å². The van der Waals surface area contributed by atoms with E-state index in [1.54, 1.807) is 28.4 Å². The molecule has 0 aliphatic carbocycles. The van der Waals surface area contributed by atoms with Gasteiger partial charge in [0, 0.05) is 36.3 Å². The highest BCUT2D eigenvalue weighted by Crippen LogP contribution is 2.50. The molecule has 310 valence electrons. The van der Waals surface area contributed by atoms with E-state index in [0.717, 1.165) is 130 Å². The van der Waals surface area contributed by atoms with Crippen molar-refractivity contribution in [1.29, 1.82) is 0 Å². The minimum atomic E-state index is 0.760. The van der Waals surface area contributed by atoms with Gasteiger partial charge in [0.1, 0.15) is 23.0 Å². The maximum atomic E-state index is 5.61. The molecule has 9 rings (SSSR count). The average Bonchev–Trinajstić information content (AvgIpc) is 4.03. The highest BCUT2D eigenvalue weighted by atomic mass is 79.9. The molecule has 0 amide bonds. The summed E-state index contributed by atoms with van der Waals surface area (Å²) in [6.45, 7) is 0. The predicted molar refractivity (Wildman–Crippen MR) is 268 cm³/mol. The third-order valence-corrected chi connectivity index (χ3v) is 15.5. The number of nitrogens with zero attached hydrogens (tertiary/aromatic N) is 4. The van der Waals surface area contributed by atoms with Crippen LogP contribution in [0.2, 0.25) is 0 Å². The van der Waals surface area contributed by atoms with Crippen LogP contribution in [-0.2, 0) is 14.1 Å². The average molecular weight is 1080 g/mol. The molecule has 2 aliphatic heterocycles. The van der Waals surface area contributed by atoms with Gasteiger partial charge >= 0.3 is 0 Å². The van der Waals surface area contributed by atoms with Gasteiger partial charge in [-0.2, -0.15) is 0 Å². The lowest BCUT2D eigenvalue weighted by Crippen LogP contribution is -1.97. The lowest BCUT2D eigenvalue weighted by Gasteiger charge is -2.12. The molecule has 2 aliphatic rings. The van der Waals surface area contributed by atoms with Crippen molar-refractivity contribution in [3.63, 3.8) is 0 Å². The van der Waals surface area contributed by atoms with E-state index in [4.69, 9.17) is 28.9 Å². The molecule has 0 radical (unpaired) electrons. The van der Waals surface area contributed by atoms with Gasteiger partial charge in [-0.3, -0.25) is 0 Å². The Morgan fingerprint density at radius 1 is 0.323 bits per heavy atom. The van der Waals surface area contributed by atoms with Crippen LogP contribution in [0.3, 0.4) is 0 Å². The van der Waals surface area contributed by atoms with Crippen LogP contribution in [0.25, 0.3) is 84.5 Å². The minimum Gasteiger partial charge on any atom is -0.497 e. The third-order valence-electron chi connectivity index (χ3n) is 11.4. The molecule has 7 aromatic rings. The van der Waals surface area contributed by atoms with E-state index in [2.05, 4.69) is 160 Å². The maximum Gasteiger partial charge on any atom is 0.118 e. The second-order valence-electron chi connectivity index (χ2n) is 14.6. The molecule has 0 atom stereocenters. The molecule has 4 aromatic carbocycles.